The Hall–Kier alpha value is -0.483. The summed E-state index contributed by atoms with van der Waals surface area (Å²) in [5, 5.41) is 5.74. The summed E-state index contributed by atoms with van der Waals surface area (Å²) < 4.78 is 19.7. The second kappa shape index (κ2) is 8.06. The van der Waals surface area contributed by atoms with Crippen LogP contribution in [0.3, 0.4) is 0 Å². The maximum atomic E-state index is 5.86. The summed E-state index contributed by atoms with van der Waals surface area (Å²) in [5.74, 6) is 0. The standard InChI is InChI=1S/C16H25IN2O3Si/c1-20-16(21-2)15-14-12(17)7-6-8-13(14)19(18-15)11-22-9-10-23(3,4)5/h6-8,16H,9-11H2,1-5H3. The van der Waals surface area contributed by atoms with E-state index in [0.29, 0.717) is 6.73 Å². The topological polar surface area (TPSA) is 45.5 Å². The molecule has 0 unspecified atom stereocenters. The number of methoxy groups -OCH3 is 2. The zero-order chi connectivity index (χ0) is 17.0. The predicted molar refractivity (Wildman–Crippen MR) is 103 cm³/mol. The monoisotopic (exact) mass is 448 g/mol. The van der Waals surface area contributed by atoms with E-state index < -0.39 is 14.4 Å². The Morgan fingerprint density at radius 1 is 1.22 bits per heavy atom. The summed E-state index contributed by atoms with van der Waals surface area (Å²) in [5.41, 5.74) is 1.84. The summed E-state index contributed by atoms with van der Waals surface area (Å²) >= 11 is 2.32. The summed E-state index contributed by atoms with van der Waals surface area (Å²) in [4.78, 5) is 0. The Morgan fingerprint density at radius 2 is 1.91 bits per heavy atom. The Morgan fingerprint density at radius 3 is 2.52 bits per heavy atom. The van der Waals surface area contributed by atoms with Crippen LogP contribution < -0.4 is 0 Å². The van der Waals surface area contributed by atoms with E-state index in [1.54, 1.807) is 14.2 Å². The highest BCUT2D eigenvalue weighted by molar-refractivity contribution is 14.1. The normalized spacial score (nSPS) is 12.5. The Bertz CT molecular complexity index is 651. The van der Waals surface area contributed by atoms with Gasteiger partial charge in [-0.25, -0.2) is 4.68 Å². The summed E-state index contributed by atoms with van der Waals surface area (Å²) in [6, 6.07) is 7.29. The number of hydrogen-bond acceptors (Lipinski definition) is 4. The first kappa shape index (κ1) is 18.8. The number of aromatic nitrogens is 2. The lowest BCUT2D eigenvalue weighted by atomic mass is 10.2. The lowest BCUT2D eigenvalue weighted by molar-refractivity contribution is -0.108. The highest BCUT2D eigenvalue weighted by Crippen LogP contribution is 2.30. The minimum Gasteiger partial charge on any atom is -0.360 e. The van der Waals surface area contributed by atoms with Gasteiger partial charge in [-0.15, -0.1) is 0 Å². The lowest BCUT2D eigenvalue weighted by Gasteiger charge is -2.15. The van der Waals surface area contributed by atoms with Crippen LogP contribution in [-0.4, -0.2) is 38.7 Å². The van der Waals surface area contributed by atoms with Crippen molar-refractivity contribution < 1.29 is 14.2 Å². The van der Waals surface area contributed by atoms with E-state index in [1.807, 2.05) is 10.7 Å². The SMILES string of the molecule is COC(OC)c1nn(COCC[Si](C)(C)C)c2cccc(I)c12. The molecule has 0 saturated heterocycles. The van der Waals surface area contributed by atoms with Crippen LogP contribution in [0, 0.1) is 3.57 Å². The molecule has 1 heterocycles. The number of ether oxygens (including phenoxy) is 3. The van der Waals surface area contributed by atoms with Crippen molar-refractivity contribution >= 4 is 41.6 Å². The van der Waals surface area contributed by atoms with Crippen LogP contribution in [0.2, 0.25) is 25.7 Å². The van der Waals surface area contributed by atoms with Crippen LogP contribution in [-0.2, 0) is 20.9 Å². The Balaban J connectivity index is 2.25. The van der Waals surface area contributed by atoms with Gasteiger partial charge in [-0.2, -0.15) is 5.10 Å². The molecule has 2 rings (SSSR count). The van der Waals surface area contributed by atoms with Gasteiger partial charge in [-0.05, 0) is 40.8 Å². The van der Waals surface area contributed by atoms with Crippen molar-refractivity contribution in [2.75, 3.05) is 20.8 Å². The predicted octanol–water partition coefficient (Wildman–Crippen LogP) is 4.24. The molecular formula is C16H25IN2O3Si. The molecule has 0 radical (unpaired) electrons. The molecular weight excluding hydrogens is 423 g/mol. The Labute approximate surface area is 152 Å². The van der Waals surface area contributed by atoms with Gasteiger partial charge in [0.15, 0.2) is 0 Å². The molecule has 0 spiro atoms. The molecule has 1 aromatic carbocycles. The molecule has 2 aromatic rings. The van der Waals surface area contributed by atoms with Gasteiger partial charge in [-0.3, -0.25) is 0 Å². The molecule has 0 aliphatic rings. The van der Waals surface area contributed by atoms with Gasteiger partial charge in [0.2, 0.25) is 6.29 Å². The number of halogens is 1. The van der Waals surface area contributed by atoms with Crippen molar-refractivity contribution in [3.05, 3.63) is 27.5 Å². The van der Waals surface area contributed by atoms with Crippen molar-refractivity contribution in [2.24, 2.45) is 0 Å². The lowest BCUT2D eigenvalue weighted by Crippen LogP contribution is -2.22. The molecule has 5 nitrogen and oxygen atoms in total. The van der Waals surface area contributed by atoms with E-state index in [0.717, 1.165) is 32.8 Å². The number of benzene rings is 1. The molecule has 0 aliphatic carbocycles. The first-order chi connectivity index (χ1) is 10.9. The maximum Gasteiger partial charge on any atom is 0.203 e. The molecule has 23 heavy (non-hydrogen) atoms. The fraction of sp³-hybridized carbons (Fsp3) is 0.562. The van der Waals surface area contributed by atoms with Crippen molar-refractivity contribution in [1.29, 1.82) is 0 Å². The quantitative estimate of drug-likeness (QED) is 0.262. The molecule has 0 N–H and O–H groups in total. The second-order valence-electron chi connectivity index (χ2n) is 6.67. The van der Waals surface area contributed by atoms with Crippen LogP contribution in [0.1, 0.15) is 12.0 Å². The van der Waals surface area contributed by atoms with E-state index in [-0.39, 0.29) is 0 Å². The molecule has 0 atom stereocenters. The fourth-order valence-corrected chi connectivity index (χ4v) is 3.84. The Kier molecular flexibility index (Phi) is 6.61. The van der Waals surface area contributed by atoms with Crippen LogP contribution in [0.25, 0.3) is 10.9 Å². The van der Waals surface area contributed by atoms with Crippen molar-refractivity contribution in [3.63, 3.8) is 0 Å². The van der Waals surface area contributed by atoms with Crippen LogP contribution in [0.5, 0.6) is 0 Å². The number of hydrogen-bond donors (Lipinski definition) is 0. The molecule has 0 amide bonds. The number of fused-ring (bicyclic) bond motifs is 1. The zero-order valence-electron chi connectivity index (χ0n) is 14.4. The second-order valence-corrected chi connectivity index (χ2v) is 13.5. The van der Waals surface area contributed by atoms with Crippen molar-refractivity contribution in [1.82, 2.24) is 9.78 Å². The molecule has 0 bridgehead atoms. The van der Waals surface area contributed by atoms with Gasteiger partial charge in [0.05, 0.1) is 5.52 Å². The van der Waals surface area contributed by atoms with E-state index in [2.05, 4.69) is 59.5 Å². The fourth-order valence-electron chi connectivity index (χ4n) is 2.33. The zero-order valence-corrected chi connectivity index (χ0v) is 17.6. The van der Waals surface area contributed by atoms with E-state index in [4.69, 9.17) is 14.2 Å². The summed E-state index contributed by atoms with van der Waals surface area (Å²) in [6.07, 6.45) is -0.475. The van der Waals surface area contributed by atoms with Crippen molar-refractivity contribution in [3.8, 4) is 0 Å². The smallest absolute Gasteiger partial charge is 0.203 e. The molecule has 7 heteroatoms. The molecule has 128 valence electrons. The van der Waals surface area contributed by atoms with Crippen LogP contribution >= 0.6 is 22.6 Å². The average Bonchev–Trinajstić information content (AvgIpc) is 2.84. The summed E-state index contributed by atoms with van der Waals surface area (Å²) in [6.45, 7) is 8.27. The van der Waals surface area contributed by atoms with Gasteiger partial charge in [0.1, 0.15) is 12.4 Å². The highest BCUT2D eigenvalue weighted by Gasteiger charge is 2.21. The van der Waals surface area contributed by atoms with Gasteiger partial charge in [0, 0.05) is 37.9 Å². The van der Waals surface area contributed by atoms with Gasteiger partial charge in [-0.1, -0.05) is 25.7 Å². The first-order valence-corrected chi connectivity index (χ1v) is 12.4. The minimum absolute atomic E-state index is 0.446. The van der Waals surface area contributed by atoms with E-state index in [1.165, 1.54) is 0 Å². The summed E-state index contributed by atoms with van der Waals surface area (Å²) in [7, 11) is 2.17. The first-order valence-electron chi connectivity index (χ1n) is 7.65. The third-order valence-corrected chi connectivity index (χ3v) is 6.22. The highest BCUT2D eigenvalue weighted by atomic mass is 127. The van der Waals surface area contributed by atoms with E-state index in [9.17, 15) is 0 Å². The van der Waals surface area contributed by atoms with Gasteiger partial charge < -0.3 is 14.2 Å². The minimum atomic E-state index is -1.08. The van der Waals surface area contributed by atoms with Gasteiger partial charge in [0.25, 0.3) is 0 Å². The number of nitrogens with zero attached hydrogens (tertiary/aromatic N) is 2. The maximum absolute atomic E-state index is 5.86. The average molecular weight is 448 g/mol. The molecule has 0 fully saturated rings. The molecule has 0 aliphatic heterocycles. The third-order valence-electron chi connectivity index (χ3n) is 3.62. The number of rotatable bonds is 8. The van der Waals surface area contributed by atoms with Crippen LogP contribution in [0.15, 0.2) is 18.2 Å². The molecule has 1 aromatic heterocycles. The van der Waals surface area contributed by atoms with Crippen molar-refractivity contribution in [2.45, 2.75) is 38.7 Å². The molecule has 0 saturated carbocycles. The van der Waals surface area contributed by atoms with E-state index >= 15 is 0 Å². The van der Waals surface area contributed by atoms with Crippen LogP contribution in [0.4, 0.5) is 0 Å². The third kappa shape index (κ3) is 4.76. The largest absolute Gasteiger partial charge is 0.360 e. The van der Waals surface area contributed by atoms with Gasteiger partial charge >= 0.3 is 0 Å².